The fourth-order valence-corrected chi connectivity index (χ4v) is 1.17. The second-order valence-corrected chi connectivity index (χ2v) is 5.00. The Hall–Kier alpha value is -1.69. The van der Waals surface area contributed by atoms with Crippen LogP contribution in [0.1, 0.15) is 13.8 Å². The quantitative estimate of drug-likeness (QED) is 0.734. The summed E-state index contributed by atoms with van der Waals surface area (Å²) in [6.45, 7) is 4.01. The molecule has 4 nitrogen and oxygen atoms in total. The average molecular weight is 269 g/mol. The molecule has 1 rings (SSSR count). The second kappa shape index (κ2) is 5.77. The van der Waals surface area contributed by atoms with Gasteiger partial charge >= 0.3 is 6.03 Å². The molecule has 18 heavy (non-hydrogen) atoms. The Bertz CT molecular complexity index is 445. The van der Waals surface area contributed by atoms with Crippen molar-refractivity contribution in [3.8, 4) is 0 Å². The van der Waals surface area contributed by atoms with Gasteiger partial charge in [-0.15, -0.1) is 0 Å². The van der Waals surface area contributed by atoms with Crippen molar-refractivity contribution in [2.24, 2.45) is 11.1 Å². The largest absolute Gasteiger partial charge is 0.393 e. The van der Waals surface area contributed by atoms with E-state index in [4.69, 9.17) is 18.0 Å². The van der Waals surface area contributed by atoms with Gasteiger partial charge in [-0.3, -0.25) is 0 Å². The fourth-order valence-electron chi connectivity index (χ4n) is 1.10. The topological polar surface area (TPSA) is 67.2 Å². The first-order chi connectivity index (χ1) is 8.31. The standard InChI is InChI=1S/C12H16FN3OS/c1-12(2,10(14)18)7-15-11(17)16-9-5-3-8(13)4-6-9/h3-6H,7H2,1-2H3,(H2,14,18)(H2,15,16,17). The van der Waals surface area contributed by atoms with Crippen LogP contribution in [0.25, 0.3) is 0 Å². The molecule has 6 heteroatoms. The van der Waals surface area contributed by atoms with Gasteiger partial charge in [0.25, 0.3) is 0 Å². The van der Waals surface area contributed by atoms with Crippen LogP contribution >= 0.6 is 12.2 Å². The zero-order valence-corrected chi connectivity index (χ0v) is 11.1. The summed E-state index contributed by atoms with van der Waals surface area (Å²) in [6, 6.07) is 5.12. The highest BCUT2D eigenvalue weighted by molar-refractivity contribution is 7.80. The summed E-state index contributed by atoms with van der Waals surface area (Å²) in [5.41, 5.74) is 5.61. The van der Waals surface area contributed by atoms with Crippen LogP contribution in [-0.4, -0.2) is 17.6 Å². The number of nitrogens with one attached hydrogen (secondary N) is 2. The van der Waals surface area contributed by atoms with Gasteiger partial charge in [0.05, 0.1) is 4.99 Å². The summed E-state index contributed by atoms with van der Waals surface area (Å²) in [4.78, 5) is 11.9. The molecule has 0 bridgehead atoms. The van der Waals surface area contributed by atoms with E-state index in [0.717, 1.165) is 0 Å². The highest BCUT2D eigenvalue weighted by atomic mass is 32.1. The van der Waals surface area contributed by atoms with E-state index in [2.05, 4.69) is 10.6 Å². The van der Waals surface area contributed by atoms with Crippen molar-refractivity contribution in [1.29, 1.82) is 0 Å². The van der Waals surface area contributed by atoms with E-state index in [1.807, 2.05) is 13.8 Å². The third-order valence-electron chi connectivity index (χ3n) is 2.46. The molecule has 4 N–H and O–H groups in total. The predicted octanol–water partition coefficient (Wildman–Crippen LogP) is 2.26. The first kappa shape index (κ1) is 14.4. The monoisotopic (exact) mass is 269 g/mol. The summed E-state index contributed by atoms with van der Waals surface area (Å²) in [6.07, 6.45) is 0. The van der Waals surface area contributed by atoms with Crippen LogP contribution < -0.4 is 16.4 Å². The van der Waals surface area contributed by atoms with E-state index in [-0.39, 0.29) is 11.8 Å². The number of rotatable bonds is 4. The molecule has 0 aliphatic heterocycles. The average Bonchev–Trinajstić information content (AvgIpc) is 2.29. The molecule has 0 saturated carbocycles. The molecule has 2 amide bonds. The lowest BCUT2D eigenvalue weighted by molar-refractivity contribution is 0.249. The van der Waals surface area contributed by atoms with E-state index in [0.29, 0.717) is 17.2 Å². The highest BCUT2D eigenvalue weighted by Crippen LogP contribution is 2.13. The maximum absolute atomic E-state index is 12.7. The van der Waals surface area contributed by atoms with Gasteiger partial charge in [0, 0.05) is 17.6 Å². The first-order valence-corrected chi connectivity index (χ1v) is 5.82. The van der Waals surface area contributed by atoms with Gasteiger partial charge in [-0.1, -0.05) is 26.1 Å². The smallest absolute Gasteiger partial charge is 0.319 e. The van der Waals surface area contributed by atoms with Crippen LogP contribution in [0.15, 0.2) is 24.3 Å². The van der Waals surface area contributed by atoms with Gasteiger partial charge in [0.15, 0.2) is 0 Å². The van der Waals surface area contributed by atoms with Gasteiger partial charge in [-0.2, -0.15) is 0 Å². The summed E-state index contributed by atoms with van der Waals surface area (Å²) in [5.74, 6) is -0.351. The summed E-state index contributed by atoms with van der Waals surface area (Å²) in [5, 5.41) is 5.24. The number of carbonyl (C=O) groups excluding carboxylic acids is 1. The number of benzene rings is 1. The molecule has 0 atom stereocenters. The number of halogens is 1. The number of carbonyl (C=O) groups is 1. The van der Waals surface area contributed by atoms with Crippen LogP contribution in [0.4, 0.5) is 14.9 Å². The zero-order chi connectivity index (χ0) is 13.8. The van der Waals surface area contributed by atoms with Crippen LogP contribution in [-0.2, 0) is 0 Å². The van der Waals surface area contributed by atoms with Crippen molar-refractivity contribution in [2.45, 2.75) is 13.8 Å². The number of urea groups is 1. The summed E-state index contributed by atoms with van der Waals surface area (Å²) in [7, 11) is 0. The Morgan fingerprint density at radius 1 is 1.39 bits per heavy atom. The Morgan fingerprint density at radius 3 is 2.44 bits per heavy atom. The fraction of sp³-hybridized carbons (Fsp3) is 0.333. The van der Waals surface area contributed by atoms with Gasteiger partial charge in [-0.25, -0.2) is 9.18 Å². The third-order valence-corrected chi connectivity index (χ3v) is 3.01. The number of hydrogen-bond acceptors (Lipinski definition) is 2. The van der Waals surface area contributed by atoms with Crippen LogP contribution in [0.2, 0.25) is 0 Å². The minimum atomic E-state index is -0.449. The molecule has 1 aromatic carbocycles. The van der Waals surface area contributed by atoms with Crippen LogP contribution in [0.3, 0.4) is 0 Å². The molecule has 0 radical (unpaired) electrons. The van der Waals surface area contributed by atoms with E-state index >= 15 is 0 Å². The van der Waals surface area contributed by atoms with Crippen LogP contribution in [0.5, 0.6) is 0 Å². The third kappa shape index (κ3) is 4.29. The number of amides is 2. The Morgan fingerprint density at radius 2 is 1.94 bits per heavy atom. The van der Waals surface area contributed by atoms with Crippen molar-refractivity contribution in [2.75, 3.05) is 11.9 Å². The summed E-state index contributed by atoms with van der Waals surface area (Å²) < 4.78 is 12.7. The van der Waals surface area contributed by atoms with Gasteiger partial charge < -0.3 is 16.4 Å². The van der Waals surface area contributed by atoms with Gasteiger partial charge in [0.2, 0.25) is 0 Å². The molecule has 98 valence electrons. The zero-order valence-electron chi connectivity index (χ0n) is 10.3. The molecule has 0 aromatic heterocycles. The van der Waals surface area contributed by atoms with Crippen molar-refractivity contribution >= 4 is 28.9 Å². The normalized spacial score (nSPS) is 10.8. The molecule has 0 aliphatic carbocycles. The minimum Gasteiger partial charge on any atom is -0.393 e. The Balaban J connectivity index is 2.48. The Kier molecular flexibility index (Phi) is 4.61. The van der Waals surface area contributed by atoms with Gasteiger partial charge in [0.1, 0.15) is 5.82 Å². The maximum Gasteiger partial charge on any atom is 0.319 e. The first-order valence-electron chi connectivity index (χ1n) is 5.41. The highest BCUT2D eigenvalue weighted by Gasteiger charge is 2.21. The molecule has 0 spiro atoms. The molecular formula is C12H16FN3OS. The lowest BCUT2D eigenvalue weighted by atomic mass is 9.94. The second-order valence-electron chi connectivity index (χ2n) is 4.56. The van der Waals surface area contributed by atoms with Gasteiger partial charge in [-0.05, 0) is 24.3 Å². The number of nitrogens with two attached hydrogens (primary N) is 1. The van der Waals surface area contributed by atoms with E-state index in [1.54, 1.807) is 0 Å². The van der Waals surface area contributed by atoms with Crippen molar-refractivity contribution in [3.05, 3.63) is 30.1 Å². The van der Waals surface area contributed by atoms with Crippen molar-refractivity contribution < 1.29 is 9.18 Å². The van der Waals surface area contributed by atoms with Crippen molar-refractivity contribution in [1.82, 2.24) is 5.32 Å². The lowest BCUT2D eigenvalue weighted by Crippen LogP contribution is -2.42. The van der Waals surface area contributed by atoms with Crippen molar-refractivity contribution in [3.63, 3.8) is 0 Å². The minimum absolute atomic E-state index is 0.329. The summed E-state index contributed by atoms with van der Waals surface area (Å²) >= 11 is 4.89. The molecule has 0 unspecified atom stereocenters. The van der Waals surface area contributed by atoms with E-state index in [9.17, 15) is 9.18 Å². The molecular weight excluding hydrogens is 253 g/mol. The van der Waals surface area contributed by atoms with Crippen LogP contribution in [0, 0.1) is 11.2 Å². The maximum atomic E-state index is 12.7. The number of thiocarbonyl (C=S) groups is 1. The lowest BCUT2D eigenvalue weighted by Gasteiger charge is -2.23. The predicted molar refractivity (Wildman–Crippen MR) is 74.0 cm³/mol. The Labute approximate surface area is 111 Å². The molecule has 0 saturated heterocycles. The number of anilines is 1. The van der Waals surface area contributed by atoms with E-state index in [1.165, 1.54) is 24.3 Å². The number of hydrogen-bond donors (Lipinski definition) is 3. The molecule has 1 aromatic rings. The SMILES string of the molecule is CC(C)(CNC(=O)Nc1ccc(F)cc1)C(N)=S. The molecule has 0 heterocycles. The molecule has 0 aliphatic rings. The molecule has 0 fully saturated rings. The van der Waals surface area contributed by atoms with E-state index < -0.39 is 5.41 Å².